The smallest absolute Gasteiger partial charge is 0.222 e. The van der Waals surface area contributed by atoms with Crippen LogP contribution in [0.1, 0.15) is 31.2 Å². The Morgan fingerprint density at radius 3 is 2.75 bits per heavy atom. The molecule has 0 aromatic carbocycles. The van der Waals surface area contributed by atoms with Crippen molar-refractivity contribution >= 4 is 21.8 Å². The normalized spacial score (nSPS) is 16.2. The van der Waals surface area contributed by atoms with Gasteiger partial charge in [0.2, 0.25) is 5.91 Å². The second-order valence-electron chi connectivity index (χ2n) is 4.10. The number of nitrogens with zero attached hydrogens (tertiary/aromatic N) is 3. The number of carbonyl (C=O) groups excluding carboxylic acids is 1. The molecule has 1 fully saturated rings. The van der Waals surface area contributed by atoms with Gasteiger partial charge in [0.25, 0.3) is 0 Å². The highest BCUT2D eigenvalue weighted by atomic mass is 79.9. The van der Waals surface area contributed by atoms with Crippen molar-refractivity contribution in [2.24, 2.45) is 7.05 Å². The Morgan fingerprint density at radius 2 is 2.25 bits per heavy atom. The summed E-state index contributed by atoms with van der Waals surface area (Å²) >= 11 is 3.57. The van der Waals surface area contributed by atoms with E-state index < -0.39 is 0 Å². The molecule has 0 atom stereocenters. The van der Waals surface area contributed by atoms with Crippen molar-refractivity contribution in [1.29, 1.82) is 0 Å². The molecule has 4 nitrogen and oxygen atoms in total. The Hall–Kier alpha value is -0.840. The zero-order chi connectivity index (χ0) is 11.7. The summed E-state index contributed by atoms with van der Waals surface area (Å²) in [5.74, 6) is 0.256. The minimum Gasteiger partial charge on any atom is -0.337 e. The molecule has 1 saturated heterocycles. The molecular weight excluding hydrogens is 270 g/mol. The standard InChI is InChI=1S/C11H16BrN3O/c1-3-8-11(12)9(14(2)13-8)7-15-6-4-5-10(15)16/h3-7H2,1-2H3. The Bertz CT molecular complexity index is 414. The van der Waals surface area contributed by atoms with Crippen LogP contribution in [0, 0.1) is 0 Å². The highest BCUT2D eigenvalue weighted by Gasteiger charge is 2.23. The summed E-state index contributed by atoms with van der Waals surface area (Å²) in [5.41, 5.74) is 2.15. The molecule has 1 amide bonds. The van der Waals surface area contributed by atoms with Gasteiger partial charge in [-0.15, -0.1) is 0 Å². The largest absolute Gasteiger partial charge is 0.337 e. The lowest BCUT2D eigenvalue weighted by Gasteiger charge is -2.15. The summed E-state index contributed by atoms with van der Waals surface area (Å²) in [7, 11) is 1.93. The van der Waals surface area contributed by atoms with Crippen LogP contribution in [0.15, 0.2) is 4.47 Å². The Kier molecular flexibility index (Phi) is 3.33. The predicted octanol–water partition coefficient (Wildman–Crippen LogP) is 1.87. The van der Waals surface area contributed by atoms with Gasteiger partial charge in [-0.1, -0.05) is 6.92 Å². The fourth-order valence-corrected chi connectivity index (χ4v) is 2.79. The maximum atomic E-state index is 11.6. The van der Waals surface area contributed by atoms with Crippen LogP contribution in [0.4, 0.5) is 0 Å². The zero-order valence-electron chi connectivity index (χ0n) is 9.66. The van der Waals surface area contributed by atoms with E-state index in [0.717, 1.165) is 35.2 Å². The third-order valence-electron chi connectivity index (χ3n) is 3.01. The SMILES string of the molecule is CCc1nn(C)c(CN2CCCC2=O)c1Br. The molecule has 0 unspecified atom stereocenters. The van der Waals surface area contributed by atoms with Crippen molar-refractivity contribution in [3.63, 3.8) is 0 Å². The number of hydrogen-bond donors (Lipinski definition) is 0. The molecule has 0 aliphatic carbocycles. The van der Waals surface area contributed by atoms with Crippen molar-refractivity contribution in [1.82, 2.24) is 14.7 Å². The molecule has 2 rings (SSSR count). The average molecular weight is 286 g/mol. The molecule has 1 aromatic rings. The van der Waals surface area contributed by atoms with Crippen LogP contribution in [0.5, 0.6) is 0 Å². The van der Waals surface area contributed by atoms with E-state index in [1.807, 2.05) is 16.6 Å². The zero-order valence-corrected chi connectivity index (χ0v) is 11.2. The lowest BCUT2D eigenvalue weighted by atomic mass is 10.3. The second-order valence-corrected chi connectivity index (χ2v) is 4.90. The Labute approximate surface area is 104 Å². The van der Waals surface area contributed by atoms with Gasteiger partial charge in [-0.3, -0.25) is 9.48 Å². The van der Waals surface area contributed by atoms with Gasteiger partial charge in [0, 0.05) is 20.0 Å². The summed E-state index contributed by atoms with van der Waals surface area (Å²) in [6.45, 7) is 3.62. The molecule has 0 radical (unpaired) electrons. The van der Waals surface area contributed by atoms with E-state index in [2.05, 4.69) is 28.0 Å². The lowest BCUT2D eigenvalue weighted by molar-refractivity contribution is -0.128. The van der Waals surface area contributed by atoms with Crippen LogP contribution >= 0.6 is 15.9 Å². The number of carbonyl (C=O) groups is 1. The minimum absolute atomic E-state index is 0.256. The van der Waals surface area contributed by atoms with Gasteiger partial charge >= 0.3 is 0 Å². The van der Waals surface area contributed by atoms with Crippen LogP contribution < -0.4 is 0 Å². The van der Waals surface area contributed by atoms with Crippen molar-refractivity contribution in [3.8, 4) is 0 Å². The van der Waals surface area contributed by atoms with E-state index >= 15 is 0 Å². The molecule has 5 heteroatoms. The molecule has 1 aliphatic heterocycles. The molecule has 0 saturated carbocycles. The monoisotopic (exact) mass is 285 g/mol. The van der Waals surface area contributed by atoms with Gasteiger partial charge in [-0.25, -0.2) is 0 Å². The topological polar surface area (TPSA) is 38.1 Å². The molecule has 2 heterocycles. The van der Waals surface area contributed by atoms with E-state index in [1.165, 1.54) is 0 Å². The summed E-state index contributed by atoms with van der Waals surface area (Å²) in [6, 6.07) is 0. The number of likely N-dealkylation sites (tertiary alicyclic amines) is 1. The summed E-state index contributed by atoms with van der Waals surface area (Å²) < 4.78 is 2.92. The van der Waals surface area contributed by atoms with Crippen LogP contribution in [0.2, 0.25) is 0 Å². The summed E-state index contributed by atoms with van der Waals surface area (Å²) in [6.07, 6.45) is 2.58. The molecular formula is C11H16BrN3O. The first-order valence-corrected chi connectivity index (χ1v) is 6.40. The average Bonchev–Trinajstić information content (AvgIpc) is 2.77. The number of rotatable bonds is 3. The summed E-state index contributed by atoms with van der Waals surface area (Å²) in [4.78, 5) is 13.5. The van der Waals surface area contributed by atoms with Crippen LogP contribution in [0.25, 0.3) is 0 Å². The number of amides is 1. The van der Waals surface area contributed by atoms with Gasteiger partial charge in [0.1, 0.15) is 0 Å². The fourth-order valence-electron chi connectivity index (χ4n) is 2.04. The molecule has 16 heavy (non-hydrogen) atoms. The third kappa shape index (κ3) is 2.00. The van der Waals surface area contributed by atoms with Gasteiger partial charge in [0.15, 0.2) is 0 Å². The van der Waals surface area contributed by atoms with Crippen LogP contribution in [-0.4, -0.2) is 27.1 Å². The van der Waals surface area contributed by atoms with Gasteiger partial charge in [0.05, 0.1) is 22.4 Å². The van der Waals surface area contributed by atoms with E-state index in [4.69, 9.17) is 0 Å². The minimum atomic E-state index is 0.256. The maximum Gasteiger partial charge on any atom is 0.222 e. The quantitative estimate of drug-likeness (QED) is 0.850. The van der Waals surface area contributed by atoms with Crippen molar-refractivity contribution < 1.29 is 4.79 Å². The predicted molar refractivity (Wildman–Crippen MR) is 64.9 cm³/mol. The van der Waals surface area contributed by atoms with Gasteiger partial charge in [-0.2, -0.15) is 5.10 Å². The van der Waals surface area contributed by atoms with Crippen molar-refractivity contribution in [3.05, 3.63) is 15.9 Å². The van der Waals surface area contributed by atoms with Crippen LogP contribution in [-0.2, 0) is 24.8 Å². The lowest BCUT2D eigenvalue weighted by Crippen LogP contribution is -2.25. The highest BCUT2D eigenvalue weighted by Crippen LogP contribution is 2.24. The van der Waals surface area contributed by atoms with Crippen LogP contribution in [0.3, 0.4) is 0 Å². The first-order valence-electron chi connectivity index (χ1n) is 5.61. The Morgan fingerprint density at radius 1 is 1.50 bits per heavy atom. The number of halogens is 1. The number of hydrogen-bond acceptors (Lipinski definition) is 2. The first-order chi connectivity index (χ1) is 7.63. The van der Waals surface area contributed by atoms with E-state index in [9.17, 15) is 4.79 Å². The van der Waals surface area contributed by atoms with E-state index in [-0.39, 0.29) is 5.91 Å². The van der Waals surface area contributed by atoms with Gasteiger partial charge < -0.3 is 4.90 Å². The molecule has 88 valence electrons. The molecule has 0 bridgehead atoms. The highest BCUT2D eigenvalue weighted by molar-refractivity contribution is 9.10. The van der Waals surface area contributed by atoms with Gasteiger partial charge in [-0.05, 0) is 28.8 Å². The van der Waals surface area contributed by atoms with E-state index in [1.54, 1.807) is 0 Å². The maximum absolute atomic E-state index is 11.6. The summed E-state index contributed by atoms with van der Waals surface area (Å²) in [5, 5.41) is 4.43. The molecule has 0 spiro atoms. The van der Waals surface area contributed by atoms with Crippen molar-refractivity contribution in [2.45, 2.75) is 32.7 Å². The molecule has 1 aliphatic rings. The number of aryl methyl sites for hydroxylation is 2. The Balaban J connectivity index is 2.20. The first kappa shape index (κ1) is 11.6. The number of aromatic nitrogens is 2. The molecule has 1 aromatic heterocycles. The molecule has 0 N–H and O–H groups in total. The van der Waals surface area contributed by atoms with E-state index in [0.29, 0.717) is 13.0 Å². The second kappa shape index (κ2) is 4.57. The third-order valence-corrected chi connectivity index (χ3v) is 3.93. The van der Waals surface area contributed by atoms with Crippen molar-refractivity contribution in [2.75, 3.05) is 6.54 Å². The fraction of sp³-hybridized carbons (Fsp3) is 0.636.